The number of amides is 1. The van der Waals surface area contributed by atoms with Crippen LogP contribution in [0.2, 0.25) is 0 Å². The molecule has 0 spiro atoms. The summed E-state index contributed by atoms with van der Waals surface area (Å²) in [6, 6.07) is 13.3. The molecular weight excluding hydrogens is 335 g/mol. The van der Waals surface area contributed by atoms with Crippen molar-refractivity contribution in [3.63, 3.8) is 0 Å². The largest absolute Gasteiger partial charge is 0.497 e. The van der Waals surface area contributed by atoms with Crippen molar-refractivity contribution in [1.82, 2.24) is 15.3 Å². The quantitative estimate of drug-likeness (QED) is 0.712. The van der Waals surface area contributed by atoms with Crippen LogP contribution in [-0.2, 0) is 6.54 Å². The van der Waals surface area contributed by atoms with Gasteiger partial charge < -0.3 is 15.4 Å². The Kier molecular flexibility index (Phi) is 5.38. The third kappa shape index (κ3) is 4.54. The first-order valence-corrected chi connectivity index (χ1v) is 7.90. The second kappa shape index (κ2) is 8.06. The minimum Gasteiger partial charge on any atom is -0.497 e. The van der Waals surface area contributed by atoms with Crippen LogP contribution in [0, 0.1) is 5.82 Å². The van der Waals surface area contributed by atoms with Gasteiger partial charge in [-0.05, 0) is 29.8 Å². The SMILES string of the molecule is COc1cccc(Nc2ncc(C(=O)NCc3ccc(F)cc3)cn2)c1. The van der Waals surface area contributed by atoms with Crippen LogP contribution in [0.3, 0.4) is 0 Å². The van der Waals surface area contributed by atoms with Crippen molar-refractivity contribution in [3.05, 3.63) is 77.9 Å². The van der Waals surface area contributed by atoms with E-state index in [0.717, 1.165) is 11.3 Å². The molecule has 1 amide bonds. The second-order valence-corrected chi connectivity index (χ2v) is 5.46. The van der Waals surface area contributed by atoms with E-state index in [1.54, 1.807) is 19.2 Å². The van der Waals surface area contributed by atoms with Crippen molar-refractivity contribution in [2.45, 2.75) is 6.54 Å². The van der Waals surface area contributed by atoms with E-state index < -0.39 is 0 Å². The van der Waals surface area contributed by atoms with E-state index in [-0.39, 0.29) is 11.7 Å². The van der Waals surface area contributed by atoms with Crippen molar-refractivity contribution in [2.24, 2.45) is 0 Å². The maximum absolute atomic E-state index is 12.9. The zero-order valence-electron chi connectivity index (χ0n) is 14.1. The number of nitrogens with zero attached hydrogens (tertiary/aromatic N) is 2. The summed E-state index contributed by atoms with van der Waals surface area (Å²) in [5.74, 6) is 0.468. The molecule has 132 valence electrons. The molecule has 7 heteroatoms. The highest BCUT2D eigenvalue weighted by Crippen LogP contribution is 2.19. The Balaban J connectivity index is 1.59. The fourth-order valence-electron chi connectivity index (χ4n) is 2.23. The second-order valence-electron chi connectivity index (χ2n) is 5.46. The molecular formula is C19H17FN4O2. The number of anilines is 2. The molecule has 0 radical (unpaired) electrons. The van der Waals surface area contributed by atoms with Gasteiger partial charge in [0, 0.05) is 30.7 Å². The van der Waals surface area contributed by atoms with E-state index in [4.69, 9.17) is 4.74 Å². The Bertz CT molecular complexity index is 883. The molecule has 0 saturated heterocycles. The summed E-state index contributed by atoms with van der Waals surface area (Å²) in [5.41, 5.74) is 1.91. The summed E-state index contributed by atoms with van der Waals surface area (Å²) in [7, 11) is 1.59. The van der Waals surface area contributed by atoms with Crippen LogP contribution in [0.1, 0.15) is 15.9 Å². The van der Waals surface area contributed by atoms with Crippen LogP contribution < -0.4 is 15.4 Å². The van der Waals surface area contributed by atoms with E-state index in [1.807, 2.05) is 24.3 Å². The normalized spacial score (nSPS) is 10.2. The summed E-state index contributed by atoms with van der Waals surface area (Å²) in [6.07, 6.45) is 2.88. The molecule has 0 aliphatic rings. The van der Waals surface area contributed by atoms with Gasteiger partial charge in [-0.15, -0.1) is 0 Å². The molecule has 1 heterocycles. The zero-order valence-corrected chi connectivity index (χ0v) is 14.1. The number of carbonyl (C=O) groups excluding carboxylic acids is 1. The predicted molar refractivity (Wildman–Crippen MR) is 95.9 cm³/mol. The van der Waals surface area contributed by atoms with Crippen LogP contribution in [-0.4, -0.2) is 23.0 Å². The standard InChI is InChI=1S/C19H17FN4O2/c1-26-17-4-2-3-16(9-17)24-19-22-11-14(12-23-19)18(25)21-10-13-5-7-15(20)8-6-13/h2-9,11-12H,10H2,1H3,(H,21,25)(H,22,23,24). The molecule has 0 fully saturated rings. The van der Waals surface area contributed by atoms with E-state index in [2.05, 4.69) is 20.6 Å². The van der Waals surface area contributed by atoms with Gasteiger partial charge in [0.2, 0.25) is 5.95 Å². The number of carbonyl (C=O) groups is 1. The summed E-state index contributed by atoms with van der Waals surface area (Å²) in [4.78, 5) is 20.4. The van der Waals surface area contributed by atoms with Crippen LogP contribution in [0.25, 0.3) is 0 Å². The number of ether oxygens (including phenoxy) is 1. The Morgan fingerprint density at radius 1 is 1.12 bits per heavy atom. The van der Waals surface area contributed by atoms with Crippen LogP contribution in [0.4, 0.5) is 16.0 Å². The molecule has 0 unspecified atom stereocenters. The van der Waals surface area contributed by atoms with Gasteiger partial charge in [-0.2, -0.15) is 0 Å². The maximum Gasteiger partial charge on any atom is 0.254 e. The Hall–Kier alpha value is -3.48. The molecule has 3 aromatic rings. The van der Waals surface area contributed by atoms with Crippen molar-refractivity contribution >= 4 is 17.5 Å². The predicted octanol–water partition coefficient (Wildman–Crippen LogP) is 3.30. The lowest BCUT2D eigenvalue weighted by atomic mass is 10.2. The molecule has 2 N–H and O–H groups in total. The van der Waals surface area contributed by atoms with Gasteiger partial charge in [-0.1, -0.05) is 18.2 Å². The van der Waals surface area contributed by atoms with Crippen LogP contribution >= 0.6 is 0 Å². The average Bonchev–Trinajstić information content (AvgIpc) is 2.68. The molecule has 6 nitrogen and oxygen atoms in total. The summed E-state index contributed by atoms with van der Waals surface area (Å²) in [6.45, 7) is 0.295. The average molecular weight is 352 g/mol. The minimum absolute atomic E-state index is 0.295. The highest BCUT2D eigenvalue weighted by atomic mass is 19.1. The van der Waals surface area contributed by atoms with E-state index in [1.165, 1.54) is 24.5 Å². The molecule has 26 heavy (non-hydrogen) atoms. The molecule has 0 aliphatic heterocycles. The summed E-state index contributed by atoms with van der Waals surface area (Å²) in [5, 5.41) is 5.78. The lowest BCUT2D eigenvalue weighted by molar-refractivity contribution is 0.0950. The number of methoxy groups -OCH3 is 1. The van der Waals surface area contributed by atoms with Gasteiger partial charge in [0.15, 0.2) is 0 Å². The third-order valence-electron chi connectivity index (χ3n) is 3.61. The lowest BCUT2D eigenvalue weighted by Gasteiger charge is -2.08. The minimum atomic E-state index is -0.312. The number of halogens is 1. The van der Waals surface area contributed by atoms with Gasteiger partial charge in [-0.3, -0.25) is 4.79 Å². The lowest BCUT2D eigenvalue weighted by Crippen LogP contribution is -2.23. The van der Waals surface area contributed by atoms with Gasteiger partial charge in [0.25, 0.3) is 5.91 Å². The summed E-state index contributed by atoms with van der Waals surface area (Å²) >= 11 is 0. The Morgan fingerprint density at radius 3 is 2.54 bits per heavy atom. The first kappa shape index (κ1) is 17.3. The molecule has 0 atom stereocenters. The fraction of sp³-hybridized carbons (Fsp3) is 0.105. The number of hydrogen-bond donors (Lipinski definition) is 2. The van der Waals surface area contributed by atoms with Crippen molar-refractivity contribution in [1.29, 1.82) is 0 Å². The van der Waals surface area contributed by atoms with Crippen molar-refractivity contribution in [2.75, 3.05) is 12.4 Å². The molecule has 3 rings (SSSR count). The number of benzene rings is 2. The van der Waals surface area contributed by atoms with E-state index >= 15 is 0 Å². The number of aromatic nitrogens is 2. The van der Waals surface area contributed by atoms with Gasteiger partial charge >= 0.3 is 0 Å². The van der Waals surface area contributed by atoms with Gasteiger partial charge in [-0.25, -0.2) is 14.4 Å². The molecule has 1 aromatic heterocycles. The summed E-state index contributed by atoms with van der Waals surface area (Å²) < 4.78 is 18.0. The topological polar surface area (TPSA) is 76.1 Å². The number of nitrogens with one attached hydrogen (secondary N) is 2. The monoisotopic (exact) mass is 352 g/mol. The first-order valence-electron chi connectivity index (χ1n) is 7.90. The Morgan fingerprint density at radius 2 is 1.85 bits per heavy atom. The van der Waals surface area contributed by atoms with Crippen molar-refractivity contribution in [3.8, 4) is 5.75 Å². The number of hydrogen-bond acceptors (Lipinski definition) is 5. The maximum atomic E-state index is 12.9. The van der Waals surface area contributed by atoms with Gasteiger partial charge in [0.05, 0.1) is 12.7 Å². The van der Waals surface area contributed by atoms with E-state index in [0.29, 0.717) is 23.8 Å². The highest BCUT2D eigenvalue weighted by Gasteiger charge is 2.07. The van der Waals surface area contributed by atoms with E-state index in [9.17, 15) is 9.18 Å². The molecule has 0 bridgehead atoms. The zero-order chi connectivity index (χ0) is 18.4. The fourth-order valence-corrected chi connectivity index (χ4v) is 2.23. The third-order valence-corrected chi connectivity index (χ3v) is 3.61. The molecule has 0 aliphatic carbocycles. The first-order chi connectivity index (χ1) is 12.6. The van der Waals surface area contributed by atoms with Crippen LogP contribution in [0.15, 0.2) is 60.9 Å². The number of rotatable bonds is 6. The molecule has 0 saturated carbocycles. The smallest absolute Gasteiger partial charge is 0.254 e. The Labute approximate surface area is 150 Å². The van der Waals surface area contributed by atoms with Crippen molar-refractivity contribution < 1.29 is 13.9 Å². The van der Waals surface area contributed by atoms with Gasteiger partial charge in [0.1, 0.15) is 11.6 Å². The van der Waals surface area contributed by atoms with Crippen LogP contribution in [0.5, 0.6) is 5.75 Å². The molecule has 2 aromatic carbocycles. The highest BCUT2D eigenvalue weighted by molar-refractivity contribution is 5.93.